The predicted octanol–water partition coefficient (Wildman–Crippen LogP) is 1.92. The molecule has 3 heterocycles. The van der Waals surface area contributed by atoms with Crippen LogP contribution in [-0.2, 0) is 6.18 Å². The molecule has 1 aromatic heterocycles. The number of hydrogen-bond acceptors (Lipinski definition) is 5. The second-order valence-electron chi connectivity index (χ2n) is 6.47. The molecular formula is C15H21F3N4O. The normalized spacial score (nSPS) is 26.7. The maximum absolute atomic E-state index is 12.8. The lowest BCUT2D eigenvalue weighted by Gasteiger charge is -2.33. The summed E-state index contributed by atoms with van der Waals surface area (Å²) in [6, 6.07) is 0.861. The Bertz CT molecular complexity index is 548. The van der Waals surface area contributed by atoms with Crippen LogP contribution >= 0.6 is 0 Å². The molecule has 0 saturated carbocycles. The summed E-state index contributed by atoms with van der Waals surface area (Å²) in [5, 5.41) is 10.7. The van der Waals surface area contributed by atoms with Gasteiger partial charge in [0, 0.05) is 19.3 Å². The molecule has 0 amide bonds. The van der Waals surface area contributed by atoms with Crippen molar-refractivity contribution >= 4 is 5.95 Å². The van der Waals surface area contributed by atoms with Crippen LogP contribution in [-0.4, -0.2) is 58.3 Å². The monoisotopic (exact) mass is 330 g/mol. The lowest BCUT2D eigenvalue weighted by atomic mass is 10.0. The molecule has 1 N–H and O–H groups in total. The van der Waals surface area contributed by atoms with Gasteiger partial charge in [-0.1, -0.05) is 6.42 Å². The number of hydrogen-bond donors (Lipinski definition) is 1. The quantitative estimate of drug-likeness (QED) is 0.918. The van der Waals surface area contributed by atoms with Gasteiger partial charge < -0.3 is 14.9 Å². The van der Waals surface area contributed by atoms with E-state index in [1.165, 1.54) is 6.42 Å². The molecule has 3 rings (SSSR count). The van der Waals surface area contributed by atoms with Crippen molar-refractivity contribution in [2.24, 2.45) is 0 Å². The van der Waals surface area contributed by atoms with Crippen molar-refractivity contribution in [1.29, 1.82) is 0 Å². The number of alkyl halides is 3. The first-order chi connectivity index (χ1) is 10.9. The Hall–Kier alpha value is -1.41. The van der Waals surface area contributed by atoms with Crippen LogP contribution in [0.25, 0.3) is 0 Å². The summed E-state index contributed by atoms with van der Waals surface area (Å²) in [4.78, 5) is 11.4. The molecule has 1 atom stereocenters. The minimum Gasteiger partial charge on any atom is -0.387 e. The minimum absolute atomic E-state index is 0.0365. The van der Waals surface area contributed by atoms with Crippen LogP contribution in [0.2, 0.25) is 0 Å². The molecule has 0 radical (unpaired) electrons. The van der Waals surface area contributed by atoms with E-state index in [9.17, 15) is 18.3 Å². The molecule has 8 heteroatoms. The van der Waals surface area contributed by atoms with Gasteiger partial charge in [-0.25, -0.2) is 9.97 Å². The highest BCUT2D eigenvalue weighted by molar-refractivity contribution is 5.34. The van der Waals surface area contributed by atoms with Crippen molar-refractivity contribution in [3.63, 3.8) is 0 Å². The molecular weight excluding hydrogens is 309 g/mol. The first-order valence-corrected chi connectivity index (χ1v) is 7.96. The SMILES string of the molecule is OC1(CN2CCCCC2)CCN(c2nccc(C(F)(F)F)n2)C1. The molecule has 5 nitrogen and oxygen atoms in total. The number of nitrogens with zero attached hydrogens (tertiary/aromatic N) is 4. The summed E-state index contributed by atoms with van der Waals surface area (Å²) in [5.74, 6) is 0.0365. The average molecular weight is 330 g/mol. The van der Waals surface area contributed by atoms with Gasteiger partial charge in [0.1, 0.15) is 5.69 Å². The van der Waals surface area contributed by atoms with Crippen LogP contribution in [0.15, 0.2) is 12.3 Å². The van der Waals surface area contributed by atoms with Gasteiger partial charge >= 0.3 is 6.18 Å². The van der Waals surface area contributed by atoms with Gasteiger partial charge in [0.05, 0.1) is 12.1 Å². The molecule has 128 valence electrons. The Morgan fingerprint density at radius 3 is 2.61 bits per heavy atom. The van der Waals surface area contributed by atoms with Gasteiger partial charge in [0.15, 0.2) is 0 Å². The Balaban J connectivity index is 1.67. The van der Waals surface area contributed by atoms with E-state index in [0.717, 1.165) is 38.2 Å². The highest BCUT2D eigenvalue weighted by Crippen LogP contribution is 2.30. The maximum Gasteiger partial charge on any atom is 0.433 e. The second kappa shape index (κ2) is 6.24. The van der Waals surface area contributed by atoms with Crippen molar-refractivity contribution in [2.45, 2.75) is 37.5 Å². The minimum atomic E-state index is -4.48. The number of β-amino-alcohol motifs (C(OH)–C–C–N with tert-alkyl or cyclic N) is 1. The zero-order valence-corrected chi connectivity index (χ0v) is 12.9. The standard InChI is InChI=1S/C15H21F3N4O/c16-15(17,18)12-4-6-19-13(20-12)22-9-5-14(23,11-22)10-21-7-2-1-3-8-21/h4,6,23H,1-3,5,7-11H2. The number of piperidine rings is 1. The predicted molar refractivity (Wildman–Crippen MR) is 79.1 cm³/mol. The van der Waals surface area contributed by atoms with Crippen molar-refractivity contribution in [3.05, 3.63) is 18.0 Å². The highest BCUT2D eigenvalue weighted by Gasteiger charge is 2.40. The van der Waals surface area contributed by atoms with E-state index in [1.807, 2.05) is 0 Å². The Morgan fingerprint density at radius 2 is 1.91 bits per heavy atom. The molecule has 23 heavy (non-hydrogen) atoms. The molecule has 0 bridgehead atoms. The van der Waals surface area contributed by atoms with Gasteiger partial charge in [-0.3, -0.25) is 0 Å². The molecule has 2 saturated heterocycles. The van der Waals surface area contributed by atoms with Crippen molar-refractivity contribution in [3.8, 4) is 0 Å². The Kier molecular flexibility index (Phi) is 4.46. The summed E-state index contributed by atoms with van der Waals surface area (Å²) in [6.07, 6.45) is 0.643. The number of halogens is 3. The summed E-state index contributed by atoms with van der Waals surface area (Å²) in [7, 11) is 0. The molecule has 0 aliphatic carbocycles. The lowest BCUT2D eigenvalue weighted by molar-refractivity contribution is -0.141. The summed E-state index contributed by atoms with van der Waals surface area (Å²) in [5.41, 5.74) is -1.86. The largest absolute Gasteiger partial charge is 0.433 e. The van der Waals surface area contributed by atoms with Gasteiger partial charge in [0.2, 0.25) is 5.95 Å². The first-order valence-electron chi connectivity index (χ1n) is 7.96. The zero-order valence-electron chi connectivity index (χ0n) is 12.9. The number of aliphatic hydroxyl groups is 1. The number of rotatable bonds is 3. The van der Waals surface area contributed by atoms with E-state index < -0.39 is 17.5 Å². The topological polar surface area (TPSA) is 52.5 Å². The molecule has 2 aliphatic rings. The van der Waals surface area contributed by atoms with Gasteiger partial charge in [-0.2, -0.15) is 13.2 Å². The van der Waals surface area contributed by atoms with Gasteiger partial charge in [0.25, 0.3) is 0 Å². The maximum atomic E-state index is 12.8. The van der Waals surface area contributed by atoms with Crippen molar-refractivity contribution in [1.82, 2.24) is 14.9 Å². The number of anilines is 1. The third kappa shape index (κ3) is 3.92. The van der Waals surface area contributed by atoms with E-state index in [0.29, 0.717) is 19.5 Å². The molecule has 0 spiro atoms. The van der Waals surface area contributed by atoms with Crippen LogP contribution in [0.4, 0.5) is 19.1 Å². The summed E-state index contributed by atoms with van der Waals surface area (Å²) < 4.78 is 38.3. The first kappa shape index (κ1) is 16.4. The van der Waals surface area contributed by atoms with Gasteiger partial charge in [-0.05, 0) is 38.4 Å². The smallest absolute Gasteiger partial charge is 0.387 e. The van der Waals surface area contributed by atoms with E-state index >= 15 is 0 Å². The van der Waals surface area contributed by atoms with Crippen LogP contribution in [0.1, 0.15) is 31.4 Å². The molecule has 1 unspecified atom stereocenters. The lowest BCUT2D eigenvalue weighted by Crippen LogP contribution is -2.46. The van der Waals surface area contributed by atoms with E-state index in [-0.39, 0.29) is 12.5 Å². The molecule has 0 aromatic carbocycles. The van der Waals surface area contributed by atoms with Crippen LogP contribution < -0.4 is 4.90 Å². The molecule has 2 aliphatic heterocycles. The fraction of sp³-hybridized carbons (Fsp3) is 0.733. The van der Waals surface area contributed by atoms with E-state index in [4.69, 9.17) is 0 Å². The van der Waals surface area contributed by atoms with Crippen LogP contribution in [0, 0.1) is 0 Å². The van der Waals surface area contributed by atoms with E-state index in [1.54, 1.807) is 4.90 Å². The third-order valence-electron chi connectivity index (χ3n) is 4.52. The Labute approximate surface area is 133 Å². The second-order valence-corrected chi connectivity index (χ2v) is 6.47. The van der Waals surface area contributed by atoms with Gasteiger partial charge in [-0.15, -0.1) is 0 Å². The highest BCUT2D eigenvalue weighted by atomic mass is 19.4. The van der Waals surface area contributed by atoms with Crippen LogP contribution in [0.5, 0.6) is 0 Å². The summed E-state index contributed by atoms with van der Waals surface area (Å²) >= 11 is 0. The average Bonchev–Trinajstić information content (AvgIpc) is 2.90. The molecule has 1 aromatic rings. The van der Waals surface area contributed by atoms with Crippen molar-refractivity contribution < 1.29 is 18.3 Å². The van der Waals surface area contributed by atoms with Crippen LogP contribution in [0.3, 0.4) is 0 Å². The third-order valence-corrected chi connectivity index (χ3v) is 4.52. The fourth-order valence-corrected chi connectivity index (χ4v) is 3.35. The zero-order chi connectivity index (χ0) is 16.5. The summed E-state index contributed by atoms with van der Waals surface area (Å²) in [6.45, 7) is 3.24. The van der Waals surface area contributed by atoms with E-state index in [2.05, 4.69) is 14.9 Å². The number of likely N-dealkylation sites (tertiary alicyclic amines) is 1. The molecule has 2 fully saturated rings. The number of aromatic nitrogens is 2. The van der Waals surface area contributed by atoms with Crippen molar-refractivity contribution in [2.75, 3.05) is 37.6 Å². The fourth-order valence-electron chi connectivity index (χ4n) is 3.35. The Morgan fingerprint density at radius 1 is 1.17 bits per heavy atom.